The number of carbonyl (C=O) groups excluding carboxylic acids is 1. The molecule has 7 heteroatoms. The van der Waals surface area contributed by atoms with Crippen LogP contribution >= 0.6 is 22.9 Å². The molecule has 0 atom stereocenters. The molecular formula is C12H12ClN3O2S. The summed E-state index contributed by atoms with van der Waals surface area (Å²) >= 11 is 7.35. The van der Waals surface area contributed by atoms with Crippen LogP contribution in [0.3, 0.4) is 0 Å². The summed E-state index contributed by atoms with van der Waals surface area (Å²) in [7, 11) is 1.58. The van der Waals surface area contributed by atoms with Crippen LogP contribution in [0, 0.1) is 6.92 Å². The number of nitrogens with one attached hydrogen (secondary N) is 2. The van der Waals surface area contributed by atoms with Crippen LogP contribution < -0.4 is 15.6 Å². The molecule has 2 N–H and O–H groups in total. The topological polar surface area (TPSA) is 63.2 Å². The molecule has 0 unspecified atom stereocenters. The average molecular weight is 298 g/mol. The molecule has 1 aromatic carbocycles. The van der Waals surface area contributed by atoms with Crippen LogP contribution in [0.5, 0.6) is 5.75 Å². The van der Waals surface area contributed by atoms with Crippen LogP contribution in [0.2, 0.25) is 5.02 Å². The molecule has 2 aromatic rings. The maximum absolute atomic E-state index is 11.8. The van der Waals surface area contributed by atoms with Crippen molar-refractivity contribution in [3.63, 3.8) is 0 Å². The normalized spacial score (nSPS) is 10.1. The van der Waals surface area contributed by atoms with Gasteiger partial charge in [0.05, 0.1) is 17.8 Å². The second-order valence-electron chi connectivity index (χ2n) is 3.67. The van der Waals surface area contributed by atoms with Crippen molar-refractivity contribution in [1.82, 2.24) is 10.4 Å². The van der Waals surface area contributed by atoms with Crippen LogP contribution in [-0.2, 0) is 0 Å². The third-order valence-electron chi connectivity index (χ3n) is 2.51. The van der Waals surface area contributed by atoms with Gasteiger partial charge in [0, 0.05) is 17.1 Å². The summed E-state index contributed by atoms with van der Waals surface area (Å²) < 4.78 is 5.20. The van der Waals surface area contributed by atoms with Gasteiger partial charge in [-0.3, -0.25) is 15.6 Å². The van der Waals surface area contributed by atoms with Crippen molar-refractivity contribution in [2.24, 2.45) is 0 Å². The number of ether oxygens (including phenoxy) is 1. The highest BCUT2D eigenvalue weighted by Crippen LogP contribution is 2.31. The minimum absolute atomic E-state index is 0.312. The molecule has 0 aliphatic heterocycles. The van der Waals surface area contributed by atoms with Gasteiger partial charge in [0.2, 0.25) is 0 Å². The van der Waals surface area contributed by atoms with Crippen LogP contribution in [0.4, 0.5) is 5.69 Å². The molecule has 2 rings (SSSR count). The molecule has 0 bridgehead atoms. The predicted octanol–water partition coefficient (Wildman–Crippen LogP) is 2.87. The van der Waals surface area contributed by atoms with Gasteiger partial charge in [-0.1, -0.05) is 11.6 Å². The Labute approximate surface area is 119 Å². The quantitative estimate of drug-likeness (QED) is 0.852. The van der Waals surface area contributed by atoms with Crippen LogP contribution in [0.25, 0.3) is 0 Å². The standard InChI is InChI=1S/C12H12ClN3O2S/c1-7-9(18-2)4-3-8(13)10(7)15-16-11(17)12-14-5-6-19-12/h3-6,15H,1-2H3,(H,16,17). The first-order valence-corrected chi connectivity index (χ1v) is 6.68. The third-order valence-corrected chi connectivity index (χ3v) is 3.60. The monoisotopic (exact) mass is 297 g/mol. The summed E-state index contributed by atoms with van der Waals surface area (Å²) in [4.78, 5) is 15.7. The summed E-state index contributed by atoms with van der Waals surface area (Å²) in [5, 5.41) is 2.61. The van der Waals surface area contributed by atoms with Crippen molar-refractivity contribution in [1.29, 1.82) is 0 Å². The lowest BCUT2D eigenvalue weighted by atomic mass is 10.2. The van der Waals surface area contributed by atoms with E-state index in [9.17, 15) is 4.79 Å². The molecule has 0 aliphatic rings. The maximum atomic E-state index is 11.8. The number of amides is 1. The lowest BCUT2D eigenvalue weighted by Gasteiger charge is -2.14. The van der Waals surface area contributed by atoms with Crippen molar-refractivity contribution in [2.75, 3.05) is 12.5 Å². The fourth-order valence-corrected chi connectivity index (χ4v) is 2.32. The van der Waals surface area contributed by atoms with E-state index in [1.54, 1.807) is 30.8 Å². The third kappa shape index (κ3) is 2.97. The molecule has 19 heavy (non-hydrogen) atoms. The van der Waals surface area contributed by atoms with Crippen molar-refractivity contribution in [3.05, 3.63) is 39.3 Å². The molecule has 0 spiro atoms. The summed E-state index contributed by atoms with van der Waals surface area (Å²) in [6, 6.07) is 3.47. The Morgan fingerprint density at radius 2 is 2.26 bits per heavy atom. The highest BCUT2D eigenvalue weighted by Gasteiger charge is 2.12. The van der Waals surface area contributed by atoms with Crippen molar-refractivity contribution in [3.8, 4) is 5.75 Å². The number of hydrazine groups is 1. The van der Waals surface area contributed by atoms with Crippen molar-refractivity contribution >= 4 is 34.5 Å². The van der Waals surface area contributed by atoms with Crippen molar-refractivity contribution in [2.45, 2.75) is 6.92 Å². The summed E-state index contributed by atoms with van der Waals surface area (Å²) in [5.74, 6) is 0.378. The molecule has 100 valence electrons. The Morgan fingerprint density at radius 1 is 1.47 bits per heavy atom. The van der Waals surface area contributed by atoms with E-state index < -0.39 is 0 Å². The van der Waals surface area contributed by atoms with Gasteiger partial charge in [0.1, 0.15) is 5.75 Å². The molecule has 1 amide bonds. The van der Waals surface area contributed by atoms with Gasteiger partial charge in [-0.15, -0.1) is 11.3 Å². The van der Waals surface area contributed by atoms with Gasteiger partial charge in [-0.05, 0) is 19.1 Å². The second-order valence-corrected chi connectivity index (χ2v) is 4.97. The number of thiazole rings is 1. The SMILES string of the molecule is COc1ccc(Cl)c(NNC(=O)c2nccs2)c1C. The number of hydrogen-bond acceptors (Lipinski definition) is 5. The molecule has 1 heterocycles. The number of halogens is 1. The highest BCUT2D eigenvalue weighted by atomic mass is 35.5. The van der Waals surface area contributed by atoms with Crippen LogP contribution in [0.1, 0.15) is 15.4 Å². The zero-order valence-electron chi connectivity index (χ0n) is 10.4. The lowest BCUT2D eigenvalue weighted by Crippen LogP contribution is -2.29. The first kappa shape index (κ1) is 13.6. The molecular weight excluding hydrogens is 286 g/mol. The van der Waals surface area contributed by atoms with Gasteiger partial charge in [0.25, 0.3) is 5.91 Å². The molecule has 0 aliphatic carbocycles. The lowest BCUT2D eigenvalue weighted by molar-refractivity contribution is 0.0962. The van der Waals surface area contributed by atoms with Gasteiger partial charge in [-0.25, -0.2) is 4.98 Å². The highest BCUT2D eigenvalue weighted by molar-refractivity contribution is 7.11. The van der Waals surface area contributed by atoms with Crippen LogP contribution in [0.15, 0.2) is 23.7 Å². The van der Waals surface area contributed by atoms with E-state index in [0.717, 1.165) is 5.56 Å². The Morgan fingerprint density at radius 3 is 2.89 bits per heavy atom. The number of nitrogens with zero attached hydrogens (tertiary/aromatic N) is 1. The summed E-state index contributed by atoms with van der Waals surface area (Å²) in [6.45, 7) is 1.85. The van der Waals surface area contributed by atoms with E-state index in [2.05, 4.69) is 15.8 Å². The first-order chi connectivity index (χ1) is 9.13. The van der Waals surface area contributed by atoms with Crippen LogP contribution in [-0.4, -0.2) is 18.0 Å². The number of benzene rings is 1. The first-order valence-electron chi connectivity index (χ1n) is 5.42. The zero-order chi connectivity index (χ0) is 13.8. The number of carbonyl (C=O) groups is 1. The molecule has 1 aromatic heterocycles. The molecule has 0 radical (unpaired) electrons. The zero-order valence-corrected chi connectivity index (χ0v) is 11.9. The largest absolute Gasteiger partial charge is 0.496 e. The van der Waals surface area contributed by atoms with Gasteiger partial charge >= 0.3 is 0 Å². The van der Waals surface area contributed by atoms with E-state index in [-0.39, 0.29) is 5.91 Å². The minimum Gasteiger partial charge on any atom is -0.496 e. The molecule has 0 saturated carbocycles. The van der Waals surface area contributed by atoms with E-state index in [0.29, 0.717) is 21.5 Å². The number of methoxy groups -OCH3 is 1. The Balaban J connectivity index is 2.13. The number of aromatic nitrogens is 1. The van der Waals surface area contributed by atoms with E-state index in [1.165, 1.54) is 11.3 Å². The van der Waals surface area contributed by atoms with Gasteiger partial charge < -0.3 is 4.74 Å². The van der Waals surface area contributed by atoms with Gasteiger partial charge in [-0.2, -0.15) is 0 Å². The number of rotatable bonds is 4. The Kier molecular flexibility index (Phi) is 4.24. The molecule has 5 nitrogen and oxygen atoms in total. The second kappa shape index (κ2) is 5.90. The minimum atomic E-state index is -0.312. The Hall–Kier alpha value is -1.79. The summed E-state index contributed by atoms with van der Waals surface area (Å²) in [6.07, 6.45) is 1.57. The smallest absolute Gasteiger partial charge is 0.298 e. The Bertz CT molecular complexity index is 587. The van der Waals surface area contributed by atoms with E-state index in [1.807, 2.05) is 6.92 Å². The number of hydrogen-bond donors (Lipinski definition) is 2. The fraction of sp³-hybridized carbons (Fsp3) is 0.167. The summed E-state index contributed by atoms with van der Waals surface area (Å²) in [5.41, 5.74) is 6.77. The average Bonchev–Trinajstić information content (AvgIpc) is 2.92. The number of anilines is 1. The fourth-order valence-electron chi connectivity index (χ4n) is 1.54. The predicted molar refractivity (Wildman–Crippen MR) is 75.9 cm³/mol. The van der Waals surface area contributed by atoms with Gasteiger partial charge in [0.15, 0.2) is 5.01 Å². The van der Waals surface area contributed by atoms with E-state index in [4.69, 9.17) is 16.3 Å². The van der Waals surface area contributed by atoms with E-state index >= 15 is 0 Å². The molecule has 0 saturated heterocycles. The van der Waals surface area contributed by atoms with Crippen molar-refractivity contribution < 1.29 is 9.53 Å². The maximum Gasteiger partial charge on any atom is 0.298 e. The molecule has 0 fully saturated rings.